The number of methoxy groups -OCH3 is 1. The van der Waals surface area contributed by atoms with Crippen LogP contribution in [0.4, 0.5) is 0 Å². The van der Waals surface area contributed by atoms with Crippen LogP contribution in [0.1, 0.15) is 57.2 Å². The highest BCUT2D eigenvalue weighted by Gasteiger charge is 2.30. The van der Waals surface area contributed by atoms with Gasteiger partial charge in [0.05, 0.1) is 7.11 Å². The molecule has 0 spiro atoms. The van der Waals surface area contributed by atoms with Gasteiger partial charge in [0, 0.05) is 18.5 Å². The SMILES string of the molecule is CCC(C(=O)NC(C)(C)C)N(Cc1ccc(OC)cc1)C(=O)CCc1ccc(C)cc1. The van der Waals surface area contributed by atoms with E-state index in [1.807, 2.05) is 58.9 Å². The zero-order chi connectivity index (χ0) is 23.0. The molecule has 168 valence electrons. The van der Waals surface area contributed by atoms with Gasteiger partial charge in [-0.05, 0) is 63.8 Å². The lowest BCUT2D eigenvalue weighted by molar-refractivity contribution is -0.142. The molecule has 0 bridgehead atoms. The van der Waals surface area contributed by atoms with Crippen molar-refractivity contribution in [3.05, 3.63) is 65.2 Å². The van der Waals surface area contributed by atoms with Crippen LogP contribution >= 0.6 is 0 Å². The fourth-order valence-corrected chi connectivity index (χ4v) is 3.45. The number of carbonyl (C=O) groups excluding carboxylic acids is 2. The van der Waals surface area contributed by atoms with E-state index >= 15 is 0 Å². The first-order chi connectivity index (χ1) is 14.6. The minimum atomic E-state index is -0.521. The van der Waals surface area contributed by atoms with Crippen LogP contribution in [-0.4, -0.2) is 35.4 Å². The topological polar surface area (TPSA) is 58.6 Å². The molecular formula is C26H36N2O3. The van der Waals surface area contributed by atoms with Gasteiger partial charge in [-0.3, -0.25) is 9.59 Å². The summed E-state index contributed by atoms with van der Waals surface area (Å²) in [4.78, 5) is 28.0. The van der Waals surface area contributed by atoms with Gasteiger partial charge in [-0.25, -0.2) is 0 Å². The normalized spacial score (nSPS) is 12.2. The molecule has 0 saturated carbocycles. The van der Waals surface area contributed by atoms with Crippen molar-refractivity contribution in [2.24, 2.45) is 0 Å². The summed E-state index contributed by atoms with van der Waals surface area (Å²) in [6.45, 7) is 10.2. The van der Waals surface area contributed by atoms with Gasteiger partial charge in [0.15, 0.2) is 0 Å². The highest BCUT2D eigenvalue weighted by molar-refractivity contribution is 5.88. The number of aryl methyl sites for hydroxylation is 2. The third-order valence-electron chi connectivity index (χ3n) is 5.14. The number of ether oxygens (including phenoxy) is 1. The van der Waals surface area contributed by atoms with E-state index in [0.717, 1.165) is 16.9 Å². The molecule has 0 heterocycles. The summed E-state index contributed by atoms with van der Waals surface area (Å²) in [6.07, 6.45) is 1.56. The van der Waals surface area contributed by atoms with E-state index in [9.17, 15) is 9.59 Å². The molecule has 0 radical (unpaired) electrons. The number of hydrogen-bond donors (Lipinski definition) is 1. The largest absolute Gasteiger partial charge is 0.497 e. The molecule has 0 saturated heterocycles. The number of nitrogens with one attached hydrogen (secondary N) is 1. The van der Waals surface area contributed by atoms with Crippen LogP contribution in [0.15, 0.2) is 48.5 Å². The first kappa shape index (κ1) is 24.4. The second-order valence-corrected chi connectivity index (χ2v) is 9.02. The average molecular weight is 425 g/mol. The Hall–Kier alpha value is -2.82. The molecule has 2 aromatic carbocycles. The molecule has 31 heavy (non-hydrogen) atoms. The Balaban J connectivity index is 2.22. The lowest BCUT2D eigenvalue weighted by Gasteiger charge is -2.33. The second kappa shape index (κ2) is 11.0. The van der Waals surface area contributed by atoms with Crippen molar-refractivity contribution in [2.75, 3.05) is 7.11 Å². The van der Waals surface area contributed by atoms with E-state index in [-0.39, 0.29) is 17.4 Å². The molecule has 0 fully saturated rings. The summed E-state index contributed by atoms with van der Waals surface area (Å²) in [7, 11) is 1.62. The third-order valence-corrected chi connectivity index (χ3v) is 5.14. The number of hydrogen-bond acceptors (Lipinski definition) is 3. The predicted octanol–water partition coefficient (Wildman–Crippen LogP) is 4.66. The fourth-order valence-electron chi connectivity index (χ4n) is 3.45. The van der Waals surface area contributed by atoms with Crippen LogP contribution in [-0.2, 0) is 22.6 Å². The van der Waals surface area contributed by atoms with E-state index < -0.39 is 6.04 Å². The summed E-state index contributed by atoms with van der Waals surface area (Å²) in [5.74, 6) is 0.623. The monoisotopic (exact) mass is 424 g/mol. The maximum absolute atomic E-state index is 13.3. The first-order valence-electron chi connectivity index (χ1n) is 10.9. The molecular weight excluding hydrogens is 388 g/mol. The lowest BCUT2D eigenvalue weighted by atomic mass is 10.0. The standard InChI is InChI=1S/C26H36N2O3/c1-7-23(25(30)27-26(3,4)5)28(18-21-12-15-22(31-6)16-13-21)24(29)17-14-20-10-8-19(2)9-11-20/h8-13,15-16,23H,7,14,17-18H2,1-6H3,(H,27,30). The molecule has 0 aliphatic rings. The smallest absolute Gasteiger partial charge is 0.243 e. The van der Waals surface area contributed by atoms with Crippen LogP contribution in [0.25, 0.3) is 0 Å². The van der Waals surface area contributed by atoms with Gasteiger partial charge >= 0.3 is 0 Å². The van der Waals surface area contributed by atoms with E-state index in [2.05, 4.69) is 29.6 Å². The summed E-state index contributed by atoms with van der Waals surface area (Å²) >= 11 is 0. The Labute approximate surface area is 186 Å². The Kier molecular flexibility index (Phi) is 8.66. The molecule has 5 nitrogen and oxygen atoms in total. The van der Waals surface area contributed by atoms with E-state index in [0.29, 0.717) is 25.8 Å². The summed E-state index contributed by atoms with van der Waals surface area (Å²) in [5, 5.41) is 3.04. The molecule has 1 atom stereocenters. The lowest BCUT2D eigenvalue weighted by Crippen LogP contribution is -2.53. The van der Waals surface area contributed by atoms with Crippen molar-refractivity contribution in [2.45, 2.75) is 72.0 Å². The van der Waals surface area contributed by atoms with E-state index in [4.69, 9.17) is 4.74 Å². The van der Waals surface area contributed by atoms with Crippen molar-refractivity contribution in [3.63, 3.8) is 0 Å². The minimum Gasteiger partial charge on any atom is -0.497 e. The average Bonchev–Trinajstić information content (AvgIpc) is 2.72. The van der Waals surface area contributed by atoms with Gasteiger partial charge in [-0.1, -0.05) is 48.9 Å². The summed E-state index contributed by atoms with van der Waals surface area (Å²) < 4.78 is 5.23. The molecule has 2 aromatic rings. The van der Waals surface area contributed by atoms with Crippen LogP contribution < -0.4 is 10.1 Å². The second-order valence-electron chi connectivity index (χ2n) is 9.02. The fraction of sp³-hybridized carbons (Fsp3) is 0.462. The van der Waals surface area contributed by atoms with Gasteiger partial charge in [0.2, 0.25) is 11.8 Å². The maximum Gasteiger partial charge on any atom is 0.243 e. The zero-order valence-electron chi connectivity index (χ0n) is 19.7. The third kappa shape index (κ3) is 7.74. The van der Waals surface area contributed by atoms with Gasteiger partial charge in [-0.15, -0.1) is 0 Å². The molecule has 0 aliphatic heterocycles. The highest BCUT2D eigenvalue weighted by atomic mass is 16.5. The van der Waals surface area contributed by atoms with Gasteiger partial charge < -0.3 is 15.0 Å². The van der Waals surface area contributed by atoms with Crippen molar-refractivity contribution in [1.82, 2.24) is 10.2 Å². The van der Waals surface area contributed by atoms with E-state index in [1.54, 1.807) is 12.0 Å². The number of nitrogens with zero attached hydrogens (tertiary/aromatic N) is 1. The van der Waals surface area contributed by atoms with Gasteiger partial charge in [0.1, 0.15) is 11.8 Å². The van der Waals surface area contributed by atoms with Gasteiger partial charge in [0.25, 0.3) is 0 Å². The van der Waals surface area contributed by atoms with Crippen molar-refractivity contribution < 1.29 is 14.3 Å². The number of amides is 2. The van der Waals surface area contributed by atoms with Crippen LogP contribution in [0.3, 0.4) is 0 Å². The van der Waals surface area contributed by atoms with Crippen LogP contribution in [0.2, 0.25) is 0 Å². The van der Waals surface area contributed by atoms with E-state index in [1.165, 1.54) is 5.56 Å². The zero-order valence-corrected chi connectivity index (χ0v) is 19.7. The summed E-state index contributed by atoms with van der Waals surface area (Å²) in [5.41, 5.74) is 2.92. The van der Waals surface area contributed by atoms with Crippen molar-refractivity contribution in [1.29, 1.82) is 0 Å². The Morgan fingerprint density at radius 1 is 1.00 bits per heavy atom. The van der Waals surface area contributed by atoms with Crippen LogP contribution in [0, 0.1) is 6.92 Å². The molecule has 2 amide bonds. The molecule has 2 rings (SSSR count). The van der Waals surface area contributed by atoms with Crippen molar-refractivity contribution in [3.8, 4) is 5.75 Å². The Morgan fingerprint density at radius 3 is 2.10 bits per heavy atom. The molecule has 1 N–H and O–H groups in total. The Morgan fingerprint density at radius 2 is 1.58 bits per heavy atom. The minimum absolute atomic E-state index is 0.0210. The quantitative estimate of drug-likeness (QED) is 0.637. The molecule has 1 unspecified atom stereocenters. The number of benzene rings is 2. The Bertz CT molecular complexity index is 852. The van der Waals surface area contributed by atoms with Gasteiger partial charge in [-0.2, -0.15) is 0 Å². The molecule has 0 aliphatic carbocycles. The van der Waals surface area contributed by atoms with Crippen molar-refractivity contribution >= 4 is 11.8 Å². The molecule has 0 aromatic heterocycles. The first-order valence-corrected chi connectivity index (χ1v) is 10.9. The predicted molar refractivity (Wildman–Crippen MR) is 125 cm³/mol. The van der Waals surface area contributed by atoms with Crippen LogP contribution in [0.5, 0.6) is 5.75 Å². The maximum atomic E-state index is 13.3. The molecule has 5 heteroatoms. The number of rotatable bonds is 9. The number of carbonyl (C=O) groups is 2. The summed E-state index contributed by atoms with van der Waals surface area (Å²) in [6, 6.07) is 15.3. The highest BCUT2D eigenvalue weighted by Crippen LogP contribution is 2.18.